The van der Waals surface area contributed by atoms with E-state index in [0.717, 1.165) is 13.3 Å². The molecule has 0 fully saturated rings. The molecule has 0 amide bonds. The Kier molecular flexibility index (Phi) is 3.57. The van der Waals surface area contributed by atoms with E-state index in [-0.39, 0.29) is 15.9 Å². The first-order valence-corrected chi connectivity index (χ1v) is 4.58. The number of esters is 1. The van der Waals surface area contributed by atoms with Crippen LogP contribution in [0.4, 0.5) is 14.6 Å². The molecule has 82 valence electrons. The Morgan fingerprint density at radius 3 is 2.73 bits per heavy atom. The summed E-state index contributed by atoms with van der Waals surface area (Å²) >= 11 is 2.85. The number of nitrogen functional groups attached to an aromatic ring is 1. The Balaban J connectivity index is 3.40. The maximum Gasteiger partial charge on any atom is 0.339 e. The van der Waals surface area contributed by atoms with E-state index in [0.29, 0.717) is 0 Å². The number of hydrogen-bond acceptors (Lipinski definition) is 4. The molecule has 4 nitrogen and oxygen atoms in total. The summed E-state index contributed by atoms with van der Waals surface area (Å²) in [6.07, 6.45) is -1.87. The summed E-state index contributed by atoms with van der Waals surface area (Å²) in [5, 5.41) is 0. The molecule has 0 unspecified atom stereocenters. The van der Waals surface area contributed by atoms with Crippen molar-refractivity contribution in [2.75, 3.05) is 12.8 Å². The number of alkyl halides is 2. The maximum atomic E-state index is 12.6. The van der Waals surface area contributed by atoms with Crippen LogP contribution in [-0.4, -0.2) is 18.1 Å². The molecule has 1 heterocycles. The number of nitrogens with two attached hydrogens (primary N) is 1. The third-order valence-electron chi connectivity index (χ3n) is 1.71. The second-order valence-electron chi connectivity index (χ2n) is 2.58. The van der Waals surface area contributed by atoms with Crippen molar-refractivity contribution in [1.29, 1.82) is 0 Å². The number of aromatic nitrogens is 1. The Hall–Kier alpha value is -1.24. The molecular weight excluding hydrogens is 274 g/mol. The highest BCUT2D eigenvalue weighted by Gasteiger charge is 2.24. The van der Waals surface area contributed by atoms with Gasteiger partial charge in [0.25, 0.3) is 6.43 Å². The lowest BCUT2D eigenvalue weighted by Gasteiger charge is -2.09. The zero-order valence-corrected chi connectivity index (χ0v) is 9.22. The summed E-state index contributed by atoms with van der Waals surface area (Å²) in [5.41, 5.74) is 4.52. The zero-order valence-electron chi connectivity index (χ0n) is 7.63. The van der Waals surface area contributed by atoms with Gasteiger partial charge in [-0.3, -0.25) is 0 Å². The number of ether oxygens (including phenoxy) is 1. The quantitative estimate of drug-likeness (QED) is 0.843. The maximum absolute atomic E-state index is 12.6. The Labute approximate surface area is 92.6 Å². The number of anilines is 1. The van der Waals surface area contributed by atoms with E-state index >= 15 is 0 Å². The molecule has 0 spiro atoms. The summed E-state index contributed by atoms with van der Waals surface area (Å²) in [4.78, 5) is 14.7. The van der Waals surface area contributed by atoms with E-state index in [1.54, 1.807) is 0 Å². The molecule has 0 aliphatic carbocycles. The molecule has 1 aromatic heterocycles. The van der Waals surface area contributed by atoms with Gasteiger partial charge in [-0.2, -0.15) is 0 Å². The van der Waals surface area contributed by atoms with Crippen molar-refractivity contribution in [3.8, 4) is 0 Å². The van der Waals surface area contributed by atoms with E-state index < -0.39 is 18.0 Å². The Morgan fingerprint density at radius 2 is 2.27 bits per heavy atom. The molecule has 0 saturated carbocycles. The normalized spacial score (nSPS) is 10.5. The Morgan fingerprint density at radius 1 is 1.67 bits per heavy atom. The van der Waals surface area contributed by atoms with Gasteiger partial charge in [0, 0.05) is 6.20 Å². The SMILES string of the molecule is COC(=O)c1cnc(N)c(Br)c1C(F)F. The molecule has 15 heavy (non-hydrogen) atoms. The number of methoxy groups -OCH3 is 1. The predicted molar refractivity (Wildman–Crippen MR) is 52.6 cm³/mol. The fourth-order valence-corrected chi connectivity index (χ4v) is 1.49. The summed E-state index contributed by atoms with van der Waals surface area (Å²) in [7, 11) is 1.10. The van der Waals surface area contributed by atoms with Crippen molar-refractivity contribution >= 4 is 27.7 Å². The first-order valence-electron chi connectivity index (χ1n) is 3.79. The van der Waals surface area contributed by atoms with Crippen LogP contribution in [-0.2, 0) is 4.74 Å². The van der Waals surface area contributed by atoms with Gasteiger partial charge in [0.1, 0.15) is 5.82 Å². The first-order chi connectivity index (χ1) is 6.99. The molecule has 0 aliphatic heterocycles. The van der Waals surface area contributed by atoms with Crippen molar-refractivity contribution in [3.05, 3.63) is 21.8 Å². The van der Waals surface area contributed by atoms with E-state index in [1.807, 2.05) is 0 Å². The number of carbonyl (C=O) groups excluding carboxylic acids is 1. The van der Waals surface area contributed by atoms with Crippen LogP contribution in [0.3, 0.4) is 0 Å². The summed E-state index contributed by atoms with van der Waals surface area (Å²) in [5.74, 6) is -0.976. The second kappa shape index (κ2) is 4.52. The molecule has 0 saturated heterocycles. The third kappa shape index (κ3) is 2.23. The number of rotatable bonds is 2. The van der Waals surface area contributed by atoms with Gasteiger partial charge in [-0.05, 0) is 15.9 Å². The van der Waals surface area contributed by atoms with Crippen LogP contribution >= 0.6 is 15.9 Å². The lowest BCUT2D eigenvalue weighted by atomic mass is 10.1. The minimum Gasteiger partial charge on any atom is -0.465 e. The minimum atomic E-state index is -2.83. The highest BCUT2D eigenvalue weighted by atomic mass is 79.9. The number of nitrogens with zero attached hydrogens (tertiary/aromatic N) is 1. The monoisotopic (exact) mass is 280 g/mol. The Bertz CT molecular complexity index is 398. The fraction of sp³-hybridized carbons (Fsp3) is 0.250. The number of pyridine rings is 1. The molecule has 1 rings (SSSR count). The van der Waals surface area contributed by atoms with Gasteiger partial charge in [0.05, 0.1) is 22.7 Å². The van der Waals surface area contributed by atoms with Crippen LogP contribution in [0.2, 0.25) is 0 Å². The summed E-state index contributed by atoms with van der Waals surface area (Å²) < 4.78 is 29.6. The zero-order chi connectivity index (χ0) is 11.6. The topological polar surface area (TPSA) is 65.2 Å². The van der Waals surface area contributed by atoms with E-state index in [9.17, 15) is 13.6 Å². The lowest BCUT2D eigenvalue weighted by molar-refractivity contribution is 0.0588. The molecule has 2 N–H and O–H groups in total. The van der Waals surface area contributed by atoms with Crippen molar-refractivity contribution < 1.29 is 18.3 Å². The van der Waals surface area contributed by atoms with Crippen LogP contribution in [0.1, 0.15) is 22.3 Å². The first kappa shape index (κ1) is 11.8. The van der Waals surface area contributed by atoms with Crippen LogP contribution in [0, 0.1) is 0 Å². The average molecular weight is 281 g/mol. The summed E-state index contributed by atoms with van der Waals surface area (Å²) in [6.45, 7) is 0. The van der Waals surface area contributed by atoms with Gasteiger partial charge < -0.3 is 10.5 Å². The highest BCUT2D eigenvalue weighted by molar-refractivity contribution is 9.10. The molecular formula is C8H7BrF2N2O2. The smallest absolute Gasteiger partial charge is 0.339 e. The van der Waals surface area contributed by atoms with E-state index in [1.165, 1.54) is 0 Å². The predicted octanol–water partition coefficient (Wildman–Crippen LogP) is 2.15. The molecule has 0 atom stereocenters. The number of halogens is 3. The van der Waals surface area contributed by atoms with Crippen LogP contribution in [0.15, 0.2) is 10.7 Å². The minimum absolute atomic E-state index is 0.0830. The fourth-order valence-electron chi connectivity index (χ4n) is 1.00. The standard InChI is InChI=1S/C8H7BrF2N2O2/c1-15-8(14)3-2-13-7(12)5(9)4(3)6(10)11/h2,6H,1H3,(H2,12,13). The van der Waals surface area contributed by atoms with Crippen molar-refractivity contribution in [2.24, 2.45) is 0 Å². The van der Waals surface area contributed by atoms with E-state index in [2.05, 4.69) is 25.7 Å². The van der Waals surface area contributed by atoms with Crippen molar-refractivity contribution in [3.63, 3.8) is 0 Å². The van der Waals surface area contributed by atoms with Crippen LogP contribution in [0.5, 0.6) is 0 Å². The van der Waals surface area contributed by atoms with Gasteiger partial charge >= 0.3 is 5.97 Å². The molecule has 0 aromatic carbocycles. The van der Waals surface area contributed by atoms with Crippen molar-refractivity contribution in [1.82, 2.24) is 4.98 Å². The number of hydrogen-bond donors (Lipinski definition) is 1. The van der Waals surface area contributed by atoms with Crippen LogP contribution < -0.4 is 5.73 Å². The highest BCUT2D eigenvalue weighted by Crippen LogP contribution is 2.33. The molecule has 0 radical (unpaired) electrons. The molecule has 7 heteroatoms. The van der Waals surface area contributed by atoms with Gasteiger partial charge in [-0.1, -0.05) is 0 Å². The average Bonchev–Trinajstić information content (AvgIpc) is 2.20. The van der Waals surface area contributed by atoms with Gasteiger partial charge in [0.2, 0.25) is 0 Å². The van der Waals surface area contributed by atoms with Crippen LogP contribution in [0.25, 0.3) is 0 Å². The van der Waals surface area contributed by atoms with Gasteiger partial charge in [-0.25, -0.2) is 18.6 Å². The van der Waals surface area contributed by atoms with Crippen molar-refractivity contribution in [2.45, 2.75) is 6.43 Å². The van der Waals surface area contributed by atoms with Gasteiger partial charge in [-0.15, -0.1) is 0 Å². The third-order valence-corrected chi connectivity index (χ3v) is 2.54. The largest absolute Gasteiger partial charge is 0.465 e. The number of carbonyl (C=O) groups is 1. The van der Waals surface area contributed by atoms with E-state index in [4.69, 9.17) is 5.73 Å². The van der Waals surface area contributed by atoms with Gasteiger partial charge in [0.15, 0.2) is 0 Å². The molecule has 0 aliphatic rings. The second-order valence-corrected chi connectivity index (χ2v) is 3.37. The summed E-state index contributed by atoms with van der Waals surface area (Å²) in [6, 6.07) is 0. The molecule has 0 bridgehead atoms. The molecule has 1 aromatic rings. The lowest BCUT2D eigenvalue weighted by Crippen LogP contribution is -2.09.